The fourth-order valence-electron chi connectivity index (χ4n) is 4.15. The Labute approximate surface area is 155 Å². The molecule has 0 aliphatic heterocycles. The number of aliphatic imine (C=N–C) groups is 1. The van der Waals surface area contributed by atoms with Gasteiger partial charge in [-0.3, -0.25) is 4.99 Å². The van der Waals surface area contributed by atoms with E-state index >= 15 is 0 Å². The van der Waals surface area contributed by atoms with Gasteiger partial charge in [-0.15, -0.1) is 0 Å². The van der Waals surface area contributed by atoms with Crippen LogP contribution in [0.2, 0.25) is 0 Å². The summed E-state index contributed by atoms with van der Waals surface area (Å²) < 4.78 is 19.7. The van der Waals surface area contributed by atoms with Gasteiger partial charge in [0.2, 0.25) is 0 Å². The maximum Gasteiger partial charge on any atom is 0.191 e. The van der Waals surface area contributed by atoms with E-state index in [1.165, 1.54) is 25.3 Å². The predicted octanol–water partition coefficient (Wildman–Crippen LogP) is 2.76. The summed E-state index contributed by atoms with van der Waals surface area (Å²) in [6.07, 6.45) is 3.99. The number of ether oxygens (including phenoxy) is 1. The van der Waals surface area contributed by atoms with Crippen LogP contribution in [-0.2, 0) is 4.74 Å². The lowest BCUT2D eigenvalue weighted by Crippen LogP contribution is -2.68. The van der Waals surface area contributed by atoms with Crippen LogP contribution in [0.3, 0.4) is 0 Å². The first-order chi connectivity index (χ1) is 12.6. The first kappa shape index (κ1) is 19.1. The van der Waals surface area contributed by atoms with Crippen molar-refractivity contribution in [3.63, 3.8) is 0 Å². The minimum Gasteiger partial charge on any atom is -0.386 e. The summed E-state index contributed by atoms with van der Waals surface area (Å²) in [6, 6.07) is 6.63. The Bertz CT molecular complexity index is 633. The number of hydrogen-bond donors (Lipinski definition) is 3. The van der Waals surface area contributed by atoms with Gasteiger partial charge in [0, 0.05) is 30.2 Å². The summed E-state index contributed by atoms with van der Waals surface area (Å²) in [6.45, 7) is 5.65. The molecular formula is C20H30FN3O2. The third-order valence-corrected chi connectivity index (χ3v) is 5.78. The van der Waals surface area contributed by atoms with Gasteiger partial charge >= 0.3 is 0 Å². The quantitative estimate of drug-likeness (QED) is 0.515. The van der Waals surface area contributed by atoms with Crippen molar-refractivity contribution >= 4 is 5.96 Å². The van der Waals surface area contributed by atoms with Crippen molar-refractivity contribution in [2.75, 3.05) is 19.7 Å². The lowest BCUT2D eigenvalue weighted by Gasteiger charge is -2.61. The lowest BCUT2D eigenvalue weighted by molar-refractivity contribution is -0.168. The Hall–Kier alpha value is -1.66. The van der Waals surface area contributed by atoms with E-state index in [0.717, 1.165) is 19.6 Å². The molecule has 6 heteroatoms. The normalized spacial score (nSPS) is 25.3. The number of halogens is 1. The first-order valence-electron chi connectivity index (χ1n) is 9.69. The Kier molecular flexibility index (Phi) is 6.14. The van der Waals surface area contributed by atoms with Gasteiger partial charge in [-0.05, 0) is 39.2 Å². The molecular weight excluding hydrogens is 333 g/mol. The molecule has 2 aliphatic rings. The topological polar surface area (TPSA) is 65.9 Å². The molecule has 5 nitrogen and oxygen atoms in total. The molecule has 2 aliphatic carbocycles. The zero-order valence-electron chi connectivity index (χ0n) is 15.7. The number of nitrogens with one attached hydrogen (secondary N) is 2. The molecule has 0 bridgehead atoms. The zero-order chi connectivity index (χ0) is 18.6. The summed E-state index contributed by atoms with van der Waals surface area (Å²) in [5, 5.41) is 17.0. The molecule has 0 aromatic heterocycles. The number of aliphatic hydroxyl groups is 1. The van der Waals surface area contributed by atoms with E-state index in [-0.39, 0.29) is 17.5 Å². The minimum atomic E-state index is -0.957. The van der Waals surface area contributed by atoms with Crippen molar-refractivity contribution in [2.24, 2.45) is 10.4 Å². The molecule has 2 saturated carbocycles. The molecule has 144 valence electrons. The van der Waals surface area contributed by atoms with Crippen LogP contribution < -0.4 is 10.6 Å². The van der Waals surface area contributed by atoms with Crippen LogP contribution in [0.25, 0.3) is 0 Å². The van der Waals surface area contributed by atoms with Crippen LogP contribution in [0.15, 0.2) is 29.3 Å². The number of hydrogen-bond acceptors (Lipinski definition) is 3. The van der Waals surface area contributed by atoms with E-state index < -0.39 is 11.9 Å². The number of aliphatic hydroxyl groups excluding tert-OH is 1. The first-order valence-corrected chi connectivity index (χ1v) is 9.69. The number of benzene rings is 1. The van der Waals surface area contributed by atoms with E-state index in [4.69, 9.17) is 4.74 Å². The molecule has 3 N–H and O–H groups in total. The van der Waals surface area contributed by atoms with Crippen molar-refractivity contribution in [3.8, 4) is 0 Å². The van der Waals surface area contributed by atoms with Crippen molar-refractivity contribution in [1.29, 1.82) is 0 Å². The molecule has 1 aromatic carbocycles. The smallest absolute Gasteiger partial charge is 0.191 e. The van der Waals surface area contributed by atoms with E-state index in [1.807, 2.05) is 13.8 Å². The summed E-state index contributed by atoms with van der Waals surface area (Å²) in [4.78, 5) is 4.48. The van der Waals surface area contributed by atoms with Gasteiger partial charge in [0.25, 0.3) is 0 Å². The van der Waals surface area contributed by atoms with Crippen LogP contribution in [0.1, 0.15) is 51.2 Å². The predicted molar refractivity (Wildman–Crippen MR) is 101 cm³/mol. The summed E-state index contributed by atoms with van der Waals surface area (Å²) in [5.41, 5.74) is 0.513. The van der Waals surface area contributed by atoms with Gasteiger partial charge in [0.1, 0.15) is 11.9 Å². The zero-order valence-corrected chi connectivity index (χ0v) is 15.7. The second kappa shape index (κ2) is 8.35. The average Bonchev–Trinajstić information content (AvgIpc) is 2.57. The fourth-order valence-corrected chi connectivity index (χ4v) is 4.15. The molecule has 0 saturated heterocycles. The Balaban J connectivity index is 1.62. The van der Waals surface area contributed by atoms with Crippen LogP contribution in [-0.4, -0.2) is 42.9 Å². The maximum absolute atomic E-state index is 13.8. The monoisotopic (exact) mass is 363 g/mol. The second-order valence-corrected chi connectivity index (χ2v) is 7.22. The number of rotatable bonds is 7. The Morgan fingerprint density at radius 3 is 2.77 bits per heavy atom. The molecule has 1 spiro atoms. The van der Waals surface area contributed by atoms with Gasteiger partial charge in [0.15, 0.2) is 5.96 Å². The largest absolute Gasteiger partial charge is 0.386 e. The third-order valence-electron chi connectivity index (χ3n) is 5.78. The lowest BCUT2D eigenvalue weighted by atomic mass is 9.51. The van der Waals surface area contributed by atoms with Gasteiger partial charge < -0.3 is 20.5 Å². The molecule has 2 fully saturated rings. The number of nitrogens with zero attached hydrogens (tertiary/aromatic N) is 1. The molecule has 3 atom stereocenters. The van der Waals surface area contributed by atoms with Crippen molar-refractivity contribution < 1.29 is 14.2 Å². The highest BCUT2D eigenvalue weighted by Gasteiger charge is 2.59. The minimum absolute atomic E-state index is 0.116. The molecule has 26 heavy (non-hydrogen) atoms. The standard InChI is InChI=1S/C20H30FN3O2/c1-3-22-19(23-13-16(25)14-8-5-6-9-15(14)21)24-17-12-18(26-4-2)20(17)10-7-11-20/h5-6,8-9,16-18,25H,3-4,7,10-13H2,1-2H3,(H2,22,23,24). The third kappa shape index (κ3) is 3.71. The van der Waals surface area contributed by atoms with E-state index in [2.05, 4.69) is 15.6 Å². The molecule has 0 heterocycles. The van der Waals surface area contributed by atoms with E-state index in [9.17, 15) is 9.50 Å². The Morgan fingerprint density at radius 1 is 1.38 bits per heavy atom. The van der Waals surface area contributed by atoms with Gasteiger partial charge in [-0.1, -0.05) is 24.6 Å². The average molecular weight is 363 g/mol. The van der Waals surface area contributed by atoms with Crippen LogP contribution in [0.4, 0.5) is 4.39 Å². The molecule has 0 amide bonds. The molecule has 1 aromatic rings. The second-order valence-electron chi connectivity index (χ2n) is 7.22. The fraction of sp³-hybridized carbons (Fsp3) is 0.650. The Morgan fingerprint density at radius 2 is 2.15 bits per heavy atom. The van der Waals surface area contributed by atoms with Gasteiger partial charge in [-0.2, -0.15) is 0 Å². The molecule has 3 unspecified atom stereocenters. The van der Waals surface area contributed by atoms with Crippen LogP contribution >= 0.6 is 0 Å². The van der Waals surface area contributed by atoms with Crippen molar-refractivity contribution in [3.05, 3.63) is 35.6 Å². The number of guanidine groups is 1. The van der Waals surface area contributed by atoms with Crippen molar-refractivity contribution in [1.82, 2.24) is 10.6 Å². The van der Waals surface area contributed by atoms with Crippen LogP contribution in [0, 0.1) is 11.2 Å². The maximum atomic E-state index is 13.8. The summed E-state index contributed by atoms with van der Waals surface area (Å²) >= 11 is 0. The van der Waals surface area contributed by atoms with Gasteiger partial charge in [-0.25, -0.2) is 4.39 Å². The highest BCUT2D eigenvalue weighted by atomic mass is 19.1. The van der Waals surface area contributed by atoms with Crippen molar-refractivity contribution in [2.45, 2.75) is 57.8 Å². The SMILES string of the molecule is CCNC(=NCC(O)c1ccccc1F)NC1CC(OCC)C12CCC2. The molecule has 3 rings (SSSR count). The van der Waals surface area contributed by atoms with Crippen LogP contribution in [0.5, 0.6) is 0 Å². The van der Waals surface area contributed by atoms with E-state index in [0.29, 0.717) is 18.1 Å². The highest BCUT2D eigenvalue weighted by molar-refractivity contribution is 5.80. The van der Waals surface area contributed by atoms with E-state index in [1.54, 1.807) is 18.2 Å². The highest BCUT2D eigenvalue weighted by Crippen LogP contribution is 2.57. The summed E-state index contributed by atoms with van der Waals surface area (Å²) in [7, 11) is 0. The van der Waals surface area contributed by atoms with Gasteiger partial charge in [0.05, 0.1) is 12.6 Å². The summed E-state index contributed by atoms with van der Waals surface area (Å²) in [5.74, 6) is 0.272. The molecule has 0 radical (unpaired) electrons.